The lowest BCUT2D eigenvalue weighted by molar-refractivity contribution is -0.143. The molecule has 5 rings (SSSR count). The Bertz CT molecular complexity index is 1650. The topological polar surface area (TPSA) is 130 Å². The van der Waals surface area contributed by atoms with Crippen molar-refractivity contribution in [1.82, 2.24) is 30.4 Å². The molecule has 12 nitrogen and oxygen atoms in total. The van der Waals surface area contributed by atoms with Crippen LogP contribution in [0.3, 0.4) is 0 Å². The van der Waals surface area contributed by atoms with Crippen molar-refractivity contribution in [2.45, 2.75) is 45.4 Å². The van der Waals surface area contributed by atoms with Crippen LogP contribution in [0.4, 0.5) is 4.39 Å². The van der Waals surface area contributed by atoms with Crippen LogP contribution < -0.4 is 24.3 Å². The van der Waals surface area contributed by atoms with Crippen molar-refractivity contribution in [2.24, 2.45) is 0 Å². The number of hydrogen-bond acceptors (Lipinski definition) is 9. The Balaban J connectivity index is 1.49. The van der Waals surface area contributed by atoms with Crippen molar-refractivity contribution in [3.63, 3.8) is 0 Å². The van der Waals surface area contributed by atoms with E-state index in [-0.39, 0.29) is 25.7 Å². The van der Waals surface area contributed by atoms with E-state index in [2.05, 4.69) is 20.7 Å². The second-order valence-corrected chi connectivity index (χ2v) is 11.1. The van der Waals surface area contributed by atoms with Gasteiger partial charge in [-0.3, -0.25) is 9.59 Å². The van der Waals surface area contributed by atoms with Gasteiger partial charge in [-0.2, -0.15) is 4.80 Å². The molecule has 13 heteroatoms. The average molecular weight is 605 g/mol. The van der Waals surface area contributed by atoms with Crippen LogP contribution in [0.5, 0.6) is 23.0 Å². The van der Waals surface area contributed by atoms with Crippen LogP contribution in [0, 0.1) is 5.82 Å². The molecular weight excluding hydrogens is 571 g/mol. The molecule has 1 aliphatic heterocycles. The van der Waals surface area contributed by atoms with Crippen molar-refractivity contribution >= 4 is 11.8 Å². The second-order valence-electron chi connectivity index (χ2n) is 11.1. The van der Waals surface area contributed by atoms with Gasteiger partial charge >= 0.3 is 0 Å². The van der Waals surface area contributed by atoms with E-state index in [9.17, 15) is 14.0 Å². The summed E-state index contributed by atoms with van der Waals surface area (Å²) in [5.74, 6) is 1.03. The number of nitrogens with one attached hydrogen (secondary N) is 1. The number of benzene rings is 3. The molecule has 1 atom stereocenters. The molecule has 2 amide bonds. The maximum atomic E-state index is 14.1. The molecule has 230 valence electrons. The lowest BCUT2D eigenvalue weighted by Gasteiger charge is -2.33. The molecule has 0 saturated carbocycles. The third kappa shape index (κ3) is 6.88. The highest BCUT2D eigenvalue weighted by Gasteiger charge is 2.34. The number of rotatable bonds is 10. The first-order valence-electron chi connectivity index (χ1n) is 13.8. The van der Waals surface area contributed by atoms with E-state index < -0.39 is 29.2 Å². The number of carbonyl (C=O) groups excluding carboxylic acids is 2. The normalized spacial score (nSPS) is 12.9. The zero-order valence-electron chi connectivity index (χ0n) is 25.0. The Kier molecular flexibility index (Phi) is 8.65. The van der Waals surface area contributed by atoms with Gasteiger partial charge in [-0.1, -0.05) is 18.2 Å². The molecule has 0 saturated heterocycles. The summed E-state index contributed by atoms with van der Waals surface area (Å²) in [7, 11) is 3.06. The summed E-state index contributed by atoms with van der Waals surface area (Å²) in [5.41, 5.74) is 1.12. The highest BCUT2D eigenvalue weighted by atomic mass is 19.1. The summed E-state index contributed by atoms with van der Waals surface area (Å²) in [4.78, 5) is 30.5. The number of nitrogens with zero attached hydrogens (tertiary/aromatic N) is 5. The molecule has 2 heterocycles. The van der Waals surface area contributed by atoms with Gasteiger partial charge in [0.25, 0.3) is 0 Å². The van der Waals surface area contributed by atoms with Gasteiger partial charge in [-0.25, -0.2) is 4.39 Å². The van der Waals surface area contributed by atoms with E-state index in [4.69, 9.17) is 18.9 Å². The number of ether oxygens (including phenoxy) is 4. The molecule has 1 N–H and O–H groups in total. The van der Waals surface area contributed by atoms with E-state index in [0.29, 0.717) is 39.7 Å². The third-order valence-electron chi connectivity index (χ3n) is 6.73. The predicted octanol–water partition coefficient (Wildman–Crippen LogP) is 3.91. The molecule has 44 heavy (non-hydrogen) atoms. The van der Waals surface area contributed by atoms with Crippen molar-refractivity contribution in [3.8, 4) is 34.4 Å². The van der Waals surface area contributed by atoms with Gasteiger partial charge in [0.15, 0.2) is 23.0 Å². The fourth-order valence-electron chi connectivity index (χ4n) is 4.73. The number of tetrazole rings is 1. The molecule has 3 aromatic carbocycles. The number of fused-ring (bicyclic) bond motifs is 1. The van der Waals surface area contributed by atoms with Crippen LogP contribution in [0.2, 0.25) is 0 Å². The zero-order chi connectivity index (χ0) is 31.4. The summed E-state index contributed by atoms with van der Waals surface area (Å²) in [6.45, 7) is 5.30. The number of methoxy groups -OCH3 is 2. The van der Waals surface area contributed by atoms with Gasteiger partial charge in [-0.05, 0) is 79.6 Å². The Morgan fingerprint density at radius 3 is 2.43 bits per heavy atom. The summed E-state index contributed by atoms with van der Waals surface area (Å²) < 4.78 is 35.5. The lowest BCUT2D eigenvalue weighted by Crippen LogP contribution is -2.49. The van der Waals surface area contributed by atoms with Gasteiger partial charge in [0.2, 0.25) is 24.4 Å². The average Bonchev–Trinajstić information content (AvgIpc) is 3.66. The minimum Gasteiger partial charge on any atom is -0.493 e. The van der Waals surface area contributed by atoms with E-state index in [1.807, 2.05) is 20.8 Å². The molecule has 4 aromatic rings. The van der Waals surface area contributed by atoms with Crippen molar-refractivity contribution < 1.29 is 32.9 Å². The van der Waals surface area contributed by atoms with Crippen molar-refractivity contribution in [1.29, 1.82) is 0 Å². The first kappa shape index (κ1) is 30.3. The van der Waals surface area contributed by atoms with Gasteiger partial charge in [0.05, 0.1) is 14.2 Å². The molecular formula is C31H33FN6O6. The Hall–Kier alpha value is -5.20. The minimum atomic E-state index is -1.11. The third-order valence-corrected chi connectivity index (χ3v) is 6.73. The smallest absolute Gasteiger partial charge is 0.247 e. The van der Waals surface area contributed by atoms with Crippen LogP contribution in [-0.4, -0.2) is 63.5 Å². The Morgan fingerprint density at radius 1 is 1.00 bits per heavy atom. The number of hydrogen-bond donors (Lipinski definition) is 1. The van der Waals surface area contributed by atoms with Crippen LogP contribution in [0.15, 0.2) is 60.7 Å². The van der Waals surface area contributed by atoms with Crippen LogP contribution in [-0.2, 0) is 22.7 Å². The van der Waals surface area contributed by atoms with E-state index in [1.54, 1.807) is 36.4 Å². The van der Waals surface area contributed by atoms with E-state index in [0.717, 1.165) is 4.80 Å². The monoisotopic (exact) mass is 604 g/mol. The Labute approximate surface area is 253 Å². The molecule has 1 aliphatic rings. The number of carbonyl (C=O) groups is 2. The highest BCUT2D eigenvalue weighted by molar-refractivity contribution is 5.89. The molecule has 0 bridgehead atoms. The number of amides is 2. The highest BCUT2D eigenvalue weighted by Crippen LogP contribution is 2.34. The molecule has 0 spiro atoms. The molecule has 0 fully saturated rings. The van der Waals surface area contributed by atoms with Gasteiger partial charge in [0, 0.05) is 17.6 Å². The first-order chi connectivity index (χ1) is 21.0. The maximum absolute atomic E-state index is 14.1. The standard InChI is InChI=1S/C31H33FN6O6/c1-31(2,3)33-30(40)28(20-7-10-22(32)11-8-20)37(16-19-6-12-24-26(14-19)44-18-43-24)27(39)17-38-35-29(34-36-38)21-9-13-23(41-4)25(15-21)42-5/h6-15,28H,16-18H2,1-5H3,(H,33,40)/t28-/m0/s1. The number of aromatic nitrogens is 4. The fourth-order valence-corrected chi connectivity index (χ4v) is 4.73. The molecule has 0 aliphatic carbocycles. The van der Waals surface area contributed by atoms with E-state index >= 15 is 0 Å². The SMILES string of the molecule is COc1ccc(-c2nnn(CC(=O)N(Cc3ccc4c(c3)OCO4)[C@H](C(=O)NC(C)(C)C)c3ccc(F)cc3)n2)cc1OC. The largest absolute Gasteiger partial charge is 0.493 e. The number of halogens is 1. The molecule has 1 aromatic heterocycles. The maximum Gasteiger partial charge on any atom is 0.247 e. The van der Waals surface area contributed by atoms with Crippen LogP contribution in [0.1, 0.15) is 37.9 Å². The molecule has 0 unspecified atom stereocenters. The summed E-state index contributed by atoms with van der Waals surface area (Å²) in [6, 6.07) is 14.8. The van der Waals surface area contributed by atoms with Crippen molar-refractivity contribution in [2.75, 3.05) is 21.0 Å². The molecule has 0 radical (unpaired) electrons. The van der Waals surface area contributed by atoms with Crippen LogP contribution in [0.25, 0.3) is 11.4 Å². The van der Waals surface area contributed by atoms with E-state index in [1.165, 1.54) is 43.4 Å². The van der Waals surface area contributed by atoms with Crippen LogP contribution >= 0.6 is 0 Å². The van der Waals surface area contributed by atoms with Gasteiger partial charge in [-0.15, -0.1) is 10.2 Å². The zero-order valence-corrected chi connectivity index (χ0v) is 25.0. The first-order valence-corrected chi connectivity index (χ1v) is 13.8. The quantitative estimate of drug-likeness (QED) is 0.286. The lowest BCUT2D eigenvalue weighted by atomic mass is 10.0. The fraction of sp³-hybridized carbons (Fsp3) is 0.323. The summed E-state index contributed by atoms with van der Waals surface area (Å²) >= 11 is 0. The summed E-state index contributed by atoms with van der Waals surface area (Å²) in [5, 5.41) is 15.6. The second kappa shape index (κ2) is 12.6. The predicted molar refractivity (Wildman–Crippen MR) is 157 cm³/mol. The van der Waals surface area contributed by atoms with Crippen molar-refractivity contribution in [3.05, 3.63) is 77.6 Å². The van der Waals surface area contributed by atoms with Gasteiger partial charge < -0.3 is 29.2 Å². The Morgan fingerprint density at radius 2 is 1.73 bits per heavy atom. The van der Waals surface area contributed by atoms with Gasteiger partial charge in [0.1, 0.15) is 18.4 Å². The summed E-state index contributed by atoms with van der Waals surface area (Å²) in [6.07, 6.45) is 0. The minimum absolute atomic E-state index is 0.0202.